The second-order valence-electron chi connectivity index (χ2n) is 4.48. The monoisotopic (exact) mass is 326 g/mol. The fourth-order valence-corrected chi connectivity index (χ4v) is 1.81. The summed E-state index contributed by atoms with van der Waals surface area (Å²) in [7, 11) is 1.64. The van der Waals surface area contributed by atoms with Gasteiger partial charge in [-0.25, -0.2) is 0 Å². The van der Waals surface area contributed by atoms with Crippen molar-refractivity contribution >= 4 is 34.8 Å². The van der Waals surface area contributed by atoms with E-state index in [-0.39, 0.29) is 27.4 Å². The number of anilines is 1. The Morgan fingerprint density at radius 3 is 2.20 bits per heavy atom. The minimum absolute atomic E-state index is 0.115. The summed E-state index contributed by atoms with van der Waals surface area (Å²) in [4.78, 5) is 11.9. The number of halogens is 4. The maximum absolute atomic E-state index is 12.2. The predicted molar refractivity (Wildman–Crippen MR) is 74.9 cm³/mol. The number of hydrogen-bond acceptors (Lipinski definition) is 3. The molecule has 0 heterocycles. The highest BCUT2D eigenvalue weighted by atomic mass is 35.5. The zero-order valence-corrected chi connectivity index (χ0v) is 12.6. The van der Waals surface area contributed by atoms with Gasteiger partial charge in [-0.05, 0) is 33.0 Å². The van der Waals surface area contributed by atoms with Crippen molar-refractivity contribution in [2.24, 2.45) is 0 Å². The second-order valence-corrected chi connectivity index (χ2v) is 5.29. The van der Waals surface area contributed by atoms with Crippen molar-refractivity contribution in [1.29, 1.82) is 0 Å². The number of ether oxygens (including phenoxy) is 1. The van der Waals surface area contributed by atoms with Crippen LogP contribution in [0.5, 0.6) is 5.75 Å². The van der Waals surface area contributed by atoms with Crippen molar-refractivity contribution < 1.29 is 18.3 Å². The molecule has 0 aromatic heterocycles. The number of hydrogen-bond donors (Lipinski definition) is 2. The highest BCUT2D eigenvalue weighted by molar-refractivity contribution is 6.37. The number of benzene rings is 1. The molecule has 1 aromatic rings. The Bertz CT molecular complexity index is 487. The summed E-state index contributed by atoms with van der Waals surface area (Å²) in [5, 5.41) is 5.18. The third-order valence-electron chi connectivity index (χ3n) is 2.66. The van der Waals surface area contributed by atoms with Gasteiger partial charge in [-0.3, -0.25) is 4.79 Å². The summed E-state index contributed by atoms with van der Waals surface area (Å²) < 4.78 is 28.6. The lowest BCUT2D eigenvalue weighted by molar-refractivity contribution is -0.121. The van der Waals surface area contributed by atoms with Gasteiger partial charge in [-0.2, -0.15) is 8.78 Å². The van der Waals surface area contributed by atoms with Gasteiger partial charge in [0, 0.05) is 5.69 Å². The predicted octanol–water partition coefficient (Wildman–Crippen LogP) is 3.53. The first-order chi connectivity index (χ1) is 9.17. The largest absolute Gasteiger partial charge is 0.432 e. The van der Waals surface area contributed by atoms with Gasteiger partial charge in [0.2, 0.25) is 5.91 Å². The zero-order valence-electron chi connectivity index (χ0n) is 11.1. The first kappa shape index (κ1) is 16.9. The van der Waals surface area contributed by atoms with E-state index in [1.165, 1.54) is 12.1 Å². The van der Waals surface area contributed by atoms with Crippen LogP contribution < -0.4 is 15.4 Å². The minimum atomic E-state index is -3.03. The van der Waals surface area contributed by atoms with Crippen LogP contribution in [0.15, 0.2) is 12.1 Å². The Morgan fingerprint density at radius 1 is 1.30 bits per heavy atom. The molecule has 8 heteroatoms. The number of nitrogens with one attached hydrogen (secondary N) is 2. The third kappa shape index (κ3) is 4.19. The van der Waals surface area contributed by atoms with Gasteiger partial charge in [0.25, 0.3) is 0 Å². The number of amides is 1. The Labute approximate surface area is 125 Å². The van der Waals surface area contributed by atoms with Crippen LogP contribution in [0, 0.1) is 0 Å². The fraction of sp³-hybridized carbons (Fsp3) is 0.417. The van der Waals surface area contributed by atoms with E-state index in [4.69, 9.17) is 23.2 Å². The third-order valence-corrected chi connectivity index (χ3v) is 3.22. The minimum Gasteiger partial charge on any atom is -0.432 e. The Kier molecular flexibility index (Phi) is 5.56. The molecular formula is C12H14Cl2F2N2O2. The van der Waals surface area contributed by atoms with E-state index in [9.17, 15) is 13.6 Å². The van der Waals surface area contributed by atoms with Crippen molar-refractivity contribution in [3.05, 3.63) is 22.2 Å². The molecule has 0 aliphatic heterocycles. The van der Waals surface area contributed by atoms with Gasteiger partial charge in [0.05, 0.1) is 15.6 Å². The highest BCUT2D eigenvalue weighted by Crippen LogP contribution is 2.37. The van der Waals surface area contributed by atoms with Crippen LogP contribution in [0.25, 0.3) is 0 Å². The normalized spacial score (nSPS) is 11.6. The van der Waals surface area contributed by atoms with Crippen molar-refractivity contribution in [2.75, 3.05) is 12.4 Å². The van der Waals surface area contributed by atoms with Gasteiger partial charge < -0.3 is 15.4 Å². The SMILES string of the molecule is CNC(C)(C)C(=O)Nc1cc(Cl)c(OC(F)F)c(Cl)c1. The van der Waals surface area contributed by atoms with Gasteiger partial charge >= 0.3 is 6.61 Å². The molecule has 112 valence electrons. The van der Waals surface area contributed by atoms with E-state index in [0.29, 0.717) is 0 Å². The number of rotatable bonds is 5. The maximum atomic E-state index is 12.2. The van der Waals surface area contributed by atoms with Crippen LogP contribution in [0.2, 0.25) is 10.0 Å². The van der Waals surface area contributed by atoms with Crippen molar-refractivity contribution in [3.63, 3.8) is 0 Å². The molecule has 0 unspecified atom stereocenters. The number of carbonyl (C=O) groups excluding carboxylic acids is 1. The van der Waals surface area contributed by atoms with Gasteiger partial charge in [0.15, 0.2) is 5.75 Å². The summed E-state index contributed by atoms with van der Waals surface area (Å²) in [6, 6.07) is 2.57. The van der Waals surface area contributed by atoms with Crippen LogP contribution in [0.3, 0.4) is 0 Å². The van der Waals surface area contributed by atoms with Crippen molar-refractivity contribution in [2.45, 2.75) is 26.0 Å². The molecule has 1 aromatic carbocycles. The topological polar surface area (TPSA) is 50.4 Å². The van der Waals surface area contributed by atoms with Crippen LogP contribution in [-0.2, 0) is 4.79 Å². The summed E-state index contributed by atoms with van der Waals surface area (Å²) in [6.45, 7) is 0.327. The Hall–Kier alpha value is -1.11. The molecule has 20 heavy (non-hydrogen) atoms. The molecule has 0 aliphatic carbocycles. The summed E-state index contributed by atoms with van der Waals surface area (Å²) in [5.41, 5.74) is -0.521. The van der Waals surface area contributed by atoms with Crippen LogP contribution in [-0.4, -0.2) is 25.1 Å². The zero-order chi connectivity index (χ0) is 15.5. The summed E-state index contributed by atoms with van der Waals surface area (Å²) in [5.74, 6) is -0.649. The van der Waals surface area contributed by atoms with Crippen LogP contribution in [0.4, 0.5) is 14.5 Å². The number of alkyl halides is 2. The molecule has 1 amide bonds. The molecule has 0 bridgehead atoms. The smallest absolute Gasteiger partial charge is 0.387 e. The molecule has 0 saturated heterocycles. The molecule has 0 spiro atoms. The molecule has 4 nitrogen and oxygen atoms in total. The molecule has 0 fully saturated rings. The lowest BCUT2D eigenvalue weighted by atomic mass is 10.1. The standard InChI is InChI=1S/C12H14Cl2F2N2O2/c1-12(2,17-3)10(19)18-6-4-7(13)9(8(14)5-6)20-11(15)16/h4-5,11,17H,1-3H3,(H,18,19). The Morgan fingerprint density at radius 2 is 1.80 bits per heavy atom. The molecule has 1 rings (SSSR count). The molecule has 2 N–H and O–H groups in total. The Balaban J connectivity index is 2.97. The lowest BCUT2D eigenvalue weighted by Gasteiger charge is -2.23. The first-order valence-electron chi connectivity index (χ1n) is 5.61. The van der Waals surface area contributed by atoms with E-state index in [1.54, 1.807) is 20.9 Å². The maximum Gasteiger partial charge on any atom is 0.387 e. The molecular weight excluding hydrogens is 313 g/mol. The van der Waals surface area contributed by atoms with E-state index in [2.05, 4.69) is 15.4 Å². The molecule has 0 atom stereocenters. The van der Waals surface area contributed by atoms with E-state index in [1.807, 2.05) is 0 Å². The van der Waals surface area contributed by atoms with Gasteiger partial charge in [-0.15, -0.1) is 0 Å². The molecule has 0 aliphatic rings. The molecule has 0 saturated carbocycles. The average Bonchev–Trinajstić information content (AvgIpc) is 2.33. The van der Waals surface area contributed by atoms with E-state index in [0.717, 1.165) is 0 Å². The highest BCUT2D eigenvalue weighted by Gasteiger charge is 2.25. The number of likely N-dealkylation sites (N-methyl/N-ethyl adjacent to an activating group) is 1. The molecule has 0 radical (unpaired) electrons. The van der Waals surface area contributed by atoms with E-state index >= 15 is 0 Å². The van der Waals surface area contributed by atoms with Crippen molar-refractivity contribution in [1.82, 2.24) is 5.32 Å². The summed E-state index contributed by atoms with van der Waals surface area (Å²) >= 11 is 11.6. The lowest BCUT2D eigenvalue weighted by Crippen LogP contribution is -2.47. The van der Waals surface area contributed by atoms with Crippen LogP contribution in [0.1, 0.15) is 13.8 Å². The quantitative estimate of drug-likeness (QED) is 0.870. The average molecular weight is 327 g/mol. The summed E-state index contributed by atoms with van der Waals surface area (Å²) in [6.07, 6.45) is 0. The number of carbonyl (C=O) groups is 1. The van der Waals surface area contributed by atoms with Crippen molar-refractivity contribution in [3.8, 4) is 5.75 Å². The van der Waals surface area contributed by atoms with Crippen LogP contribution >= 0.6 is 23.2 Å². The van der Waals surface area contributed by atoms with E-state index < -0.39 is 12.2 Å². The second kappa shape index (κ2) is 6.56. The van der Waals surface area contributed by atoms with Gasteiger partial charge in [0.1, 0.15) is 0 Å². The van der Waals surface area contributed by atoms with Gasteiger partial charge in [-0.1, -0.05) is 23.2 Å². The fourth-order valence-electron chi connectivity index (χ4n) is 1.23. The first-order valence-corrected chi connectivity index (χ1v) is 6.37.